The lowest BCUT2D eigenvalue weighted by molar-refractivity contribution is 0.161. The average Bonchev–Trinajstić information content (AvgIpc) is 3.21. The fraction of sp³-hybridized carbons (Fsp3) is 0.250. The molecular formula is C32H31BO. The molecular weight excluding hydrogens is 411 g/mol. The van der Waals surface area contributed by atoms with E-state index in [2.05, 4.69) is 131 Å². The van der Waals surface area contributed by atoms with Gasteiger partial charge < -0.3 is 4.65 Å². The smallest absolute Gasteiger partial charge is 0.324 e. The molecule has 0 aromatic heterocycles. The monoisotopic (exact) mass is 442 g/mol. The maximum atomic E-state index is 6.77. The second-order valence-corrected chi connectivity index (χ2v) is 10.8. The van der Waals surface area contributed by atoms with Crippen LogP contribution in [-0.2, 0) is 10.1 Å². The molecule has 2 aliphatic carbocycles. The van der Waals surface area contributed by atoms with Crippen LogP contribution in [0, 0.1) is 5.41 Å². The fourth-order valence-electron chi connectivity index (χ4n) is 6.31. The molecule has 4 aromatic rings. The number of hydrogen-bond donors (Lipinski definition) is 0. The van der Waals surface area contributed by atoms with Crippen molar-refractivity contribution >= 4 is 12.4 Å². The van der Waals surface area contributed by atoms with Crippen molar-refractivity contribution in [2.24, 2.45) is 5.41 Å². The number of fused-ring (bicyclic) bond motifs is 3. The largest absolute Gasteiger partial charge is 0.426 e. The van der Waals surface area contributed by atoms with E-state index in [0.29, 0.717) is 0 Å². The predicted molar refractivity (Wildman–Crippen MR) is 143 cm³/mol. The van der Waals surface area contributed by atoms with Gasteiger partial charge in [0.2, 0.25) is 0 Å². The predicted octanol–water partition coefficient (Wildman–Crippen LogP) is 7.08. The summed E-state index contributed by atoms with van der Waals surface area (Å²) >= 11 is 0. The minimum Gasteiger partial charge on any atom is -0.426 e. The molecule has 0 spiro atoms. The van der Waals surface area contributed by atoms with Crippen molar-refractivity contribution < 1.29 is 4.65 Å². The number of hydrogen-bond acceptors (Lipinski definition) is 1. The third-order valence-electron chi connectivity index (χ3n) is 8.48. The van der Waals surface area contributed by atoms with Crippen LogP contribution in [0.4, 0.5) is 0 Å². The summed E-state index contributed by atoms with van der Waals surface area (Å²) in [4.78, 5) is 0. The summed E-state index contributed by atoms with van der Waals surface area (Å²) in [6, 6.07) is 37.7. The van der Waals surface area contributed by atoms with E-state index in [9.17, 15) is 0 Å². The summed E-state index contributed by atoms with van der Waals surface area (Å²) < 4.78 is 6.77. The van der Waals surface area contributed by atoms with Gasteiger partial charge in [-0.05, 0) is 57.6 Å². The van der Waals surface area contributed by atoms with Crippen molar-refractivity contribution in [2.45, 2.75) is 45.0 Å². The lowest BCUT2D eigenvalue weighted by Crippen LogP contribution is -2.38. The summed E-state index contributed by atoms with van der Waals surface area (Å²) in [6.07, 6.45) is 1.11. The van der Waals surface area contributed by atoms with Crippen LogP contribution in [-0.4, -0.2) is 12.5 Å². The SMILES string of the molecule is CB(OC1(C)CC1(C)C)c1cccc2c1-c1ccccc1C2(c1ccccc1)c1ccccc1. The Hall–Kier alpha value is -3.10. The molecule has 0 aliphatic heterocycles. The van der Waals surface area contributed by atoms with Crippen LogP contribution >= 0.6 is 0 Å². The zero-order chi connectivity index (χ0) is 23.6. The van der Waals surface area contributed by atoms with E-state index >= 15 is 0 Å². The lowest BCUT2D eigenvalue weighted by atomic mass is 9.60. The molecule has 2 heteroatoms. The van der Waals surface area contributed by atoms with Crippen LogP contribution in [0.5, 0.6) is 0 Å². The first-order chi connectivity index (χ1) is 16.4. The second-order valence-electron chi connectivity index (χ2n) is 10.8. The molecule has 1 nitrogen and oxygen atoms in total. The van der Waals surface area contributed by atoms with Crippen LogP contribution in [0.15, 0.2) is 103 Å². The molecule has 1 unspecified atom stereocenters. The van der Waals surface area contributed by atoms with E-state index in [1.807, 2.05) is 0 Å². The average molecular weight is 442 g/mol. The molecule has 1 atom stereocenters. The van der Waals surface area contributed by atoms with Gasteiger partial charge in [0, 0.05) is 0 Å². The first-order valence-electron chi connectivity index (χ1n) is 12.4. The topological polar surface area (TPSA) is 9.23 Å². The van der Waals surface area contributed by atoms with Crippen molar-refractivity contribution in [3.63, 3.8) is 0 Å². The molecule has 1 saturated carbocycles. The lowest BCUT2D eigenvalue weighted by Gasteiger charge is -2.34. The first kappa shape index (κ1) is 21.4. The highest BCUT2D eigenvalue weighted by molar-refractivity contribution is 6.68. The summed E-state index contributed by atoms with van der Waals surface area (Å²) in [5.74, 6) is 0. The molecule has 0 saturated heterocycles. The van der Waals surface area contributed by atoms with Crippen molar-refractivity contribution in [3.8, 4) is 11.1 Å². The number of benzene rings is 4. The molecule has 0 amide bonds. The minimum atomic E-state index is -0.354. The molecule has 2 aliphatic rings. The normalized spacial score (nSPS) is 20.9. The molecule has 4 aromatic carbocycles. The van der Waals surface area contributed by atoms with E-state index in [4.69, 9.17) is 4.65 Å². The van der Waals surface area contributed by atoms with Crippen LogP contribution in [0.3, 0.4) is 0 Å². The highest BCUT2D eigenvalue weighted by Gasteiger charge is 2.59. The van der Waals surface area contributed by atoms with Crippen LogP contribution < -0.4 is 5.46 Å². The molecule has 0 radical (unpaired) electrons. The first-order valence-corrected chi connectivity index (χ1v) is 12.4. The van der Waals surface area contributed by atoms with Crippen molar-refractivity contribution in [1.82, 2.24) is 0 Å². The van der Waals surface area contributed by atoms with Gasteiger partial charge in [0.25, 0.3) is 0 Å². The van der Waals surface area contributed by atoms with Crippen LogP contribution in [0.2, 0.25) is 6.82 Å². The standard InChI is InChI=1S/C32H31BO/c1-30(2)22-31(30,3)34-33(4)28-21-13-20-27-29(28)25-18-11-12-19-26(25)32(27,23-14-7-5-8-15-23)24-16-9-6-10-17-24/h5-21H,22H2,1-4H3. The third kappa shape index (κ3) is 2.91. The summed E-state index contributed by atoms with van der Waals surface area (Å²) in [6.45, 7) is 9.11. The Morgan fingerprint density at radius 1 is 0.647 bits per heavy atom. The molecule has 1 fully saturated rings. The Bertz CT molecular complexity index is 1320. The zero-order valence-corrected chi connectivity index (χ0v) is 20.5. The fourth-order valence-corrected chi connectivity index (χ4v) is 6.31. The maximum Gasteiger partial charge on any atom is 0.324 e. The molecule has 34 heavy (non-hydrogen) atoms. The van der Waals surface area contributed by atoms with Crippen LogP contribution in [0.25, 0.3) is 11.1 Å². The molecule has 6 rings (SSSR count). The highest BCUT2D eigenvalue weighted by atomic mass is 16.5. The molecule has 0 heterocycles. The van der Waals surface area contributed by atoms with Gasteiger partial charge in [-0.2, -0.15) is 0 Å². The molecule has 168 valence electrons. The van der Waals surface area contributed by atoms with Gasteiger partial charge in [-0.1, -0.05) is 124 Å². The summed E-state index contributed by atoms with van der Waals surface area (Å²) in [5.41, 5.74) is 9.03. The molecule has 0 bridgehead atoms. The second kappa shape index (κ2) is 7.45. The van der Waals surface area contributed by atoms with E-state index in [0.717, 1.165) is 6.42 Å². The van der Waals surface area contributed by atoms with E-state index in [1.165, 1.54) is 38.8 Å². The van der Waals surface area contributed by atoms with Crippen molar-refractivity contribution in [3.05, 3.63) is 125 Å². The van der Waals surface area contributed by atoms with Crippen molar-refractivity contribution in [1.29, 1.82) is 0 Å². The zero-order valence-electron chi connectivity index (χ0n) is 20.5. The number of rotatable bonds is 5. The van der Waals surface area contributed by atoms with E-state index in [1.54, 1.807) is 0 Å². The Morgan fingerprint density at radius 2 is 1.18 bits per heavy atom. The quantitative estimate of drug-likeness (QED) is 0.264. The van der Waals surface area contributed by atoms with Gasteiger partial charge in [0.1, 0.15) is 0 Å². The Labute approximate surface area is 203 Å². The van der Waals surface area contributed by atoms with E-state index in [-0.39, 0.29) is 23.3 Å². The van der Waals surface area contributed by atoms with Crippen LogP contribution in [0.1, 0.15) is 49.4 Å². The van der Waals surface area contributed by atoms with Gasteiger partial charge in [0.15, 0.2) is 0 Å². The Balaban J connectivity index is 1.63. The summed E-state index contributed by atoms with van der Waals surface area (Å²) in [5, 5.41) is 0. The molecule has 0 N–H and O–H groups in total. The van der Waals surface area contributed by atoms with Gasteiger partial charge in [-0.25, -0.2) is 0 Å². The van der Waals surface area contributed by atoms with Gasteiger partial charge >= 0.3 is 6.92 Å². The third-order valence-corrected chi connectivity index (χ3v) is 8.48. The highest BCUT2D eigenvalue weighted by Crippen LogP contribution is 2.59. The maximum absolute atomic E-state index is 6.77. The van der Waals surface area contributed by atoms with Gasteiger partial charge in [-0.3, -0.25) is 0 Å². The minimum absolute atomic E-state index is 0.0112. The summed E-state index contributed by atoms with van der Waals surface area (Å²) in [7, 11) is 0. The Kier molecular flexibility index (Phi) is 4.70. The van der Waals surface area contributed by atoms with Gasteiger partial charge in [-0.15, -0.1) is 0 Å². The van der Waals surface area contributed by atoms with E-state index < -0.39 is 0 Å². The Morgan fingerprint density at radius 3 is 1.76 bits per heavy atom. The van der Waals surface area contributed by atoms with Gasteiger partial charge in [0.05, 0.1) is 11.0 Å². The van der Waals surface area contributed by atoms with Crippen molar-refractivity contribution in [2.75, 3.05) is 0 Å².